The van der Waals surface area contributed by atoms with Crippen molar-refractivity contribution in [3.05, 3.63) is 59.7 Å². The molecule has 2 N–H and O–H groups in total. The first kappa shape index (κ1) is 21.5. The van der Waals surface area contributed by atoms with Crippen LogP contribution < -0.4 is 10.6 Å². The molecule has 0 saturated heterocycles. The fraction of sp³-hybridized carbons (Fsp3) is 0.286. The Balaban J connectivity index is 1.61. The second kappa shape index (κ2) is 8.66. The second-order valence-electron chi connectivity index (χ2n) is 7.20. The minimum Gasteiger partial charge on any atom is -0.350 e. The van der Waals surface area contributed by atoms with Crippen molar-refractivity contribution in [3.8, 4) is 0 Å². The second-order valence-corrected chi connectivity index (χ2v) is 9.03. The van der Waals surface area contributed by atoms with Crippen LogP contribution >= 0.6 is 0 Å². The van der Waals surface area contributed by atoms with E-state index < -0.39 is 15.9 Å². The highest BCUT2D eigenvalue weighted by atomic mass is 32.2. The highest BCUT2D eigenvalue weighted by molar-refractivity contribution is 7.90. The van der Waals surface area contributed by atoms with Crippen LogP contribution in [0.2, 0.25) is 0 Å². The first-order valence-corrected chi connectivity index (χ1v) is 11.0. The number of anilines is 1. The molecule has 8 nitrogen and oxygen atoms in total. The van der Waals surface area contributed by atoms with Crippen molar-refractivity contribution in [2.75, 3.05) is 11.9 Å². The molecule has 9 heteroatoms. The number of hydrogen-bond donors (Lipinski definition) is 2. The van der Waals surface area contributed by atoms with Crippen LogP contribution in [0.15, 0.2) is 53.4 Å². The van der Waals surface area contributed by atoms with Crippen molar-refractivity contribution in [3.63, 3.8) is 0 Å². The standard InChI is InChI=1S/C21H23N3O5S/c1-14(2)22-20(26)15-8-3-5-10-17(15)23-19(25)12-7-13-24-21(27)16-9-4-6-11-18(16)30(24,28)29/h3-6,8-11,14H,7,12-13H2,1-2H3,(H,22,26)(H,23,25). The van der Waals surface area contributed by atoms with Gasteiger partial charge in [0.2, 0.25) is 5.91 Å². The molecule has 0 unspecified atom stereocenters. The Morgan fingerprint density at radius 2 is 1.70 bits per heavy atom. The molecule has 0 saturated carbocycles. The smallest absolute Gasteiger partial charge is 0.269 e. The van der Waals surface area contributed by atoms with E-state index in [2.05, 4.69) is 10.6 Å². The van der Waals surface area contributed by atoms with E-state index in [0.29, 0.717) is 11.3 Å². The maximum Gasteiger partial charge on any atom is 0.269 e. The van der Waals surface area contributed by atoms with E-state index in [1.54, 1.807) is 36.4 Å². The molecule has 1 heterocycles. The Kier molecular flexibility index (Phi) is 6.21. The monoisotopic (exact) mass is 429 g/mol. The predicted molar refractivity (Wildman–Crippen MR) is 112 cm³/mol. The van der Waals surface area contributed by atoms with Gasteiger partial charge in [0, 0.05) is 19.0 Å². The third kappa shape index (κ3) is 4.35. The molecular formula is C21H23N3O5S. The minimum atomic E-state index is -3.88. The van der Waals surface area contributed by atoms with Crippen molar-refractivity contribution < 1.29 is 22.8 Å². The Bertz CT molecular complexity index is 1100. The van der Waals surface area contributed by atoms with Gasteiger partial charge in [0.25, 0.3) is 21.8 Å². The molecule has 0 bridgehead atoms. The molecule has 3 rings (SSSR count). The van der Waals surface area contributed by atoms with Gasteiger partial charge in [0.15, 0.2) is 0 Å². The molecule has 1 aliphatic heterocycles. The van der Waals surface area contributed by atoms with E-state index in [1.165, 1.54) is 12.1 Å². The van der Waals surface area contributed by atoms with Gasteiger partial charge in [-0.15, -0.1) is 0 Å². The summed E-state index contributed by atoms with van der Waals surface area (Å²) in [4.78, 5) is 37.0. The highest BCUT2D eigenvalue weighted by Crippen LogP contribution is 2.30. The molecule has 1 aliphatic rings. The maximum absolute atomic E-state index is 12.5. The highest BCUT2D eigenvalue weighted by Gasteiger charge is 2.40. The molecule has 3 amide bonds. The zero-order valence-corrected chi connectivity index (χ0v) is 17.5. The van der Waals surface area contributed by atoms with Crippen molar-refractivity contribution in [2.24, 2.45) is 0 Å². The van der Waals surface area contributed by atoms with E-state index in [9.17, 15) is 22.8 Å². The number of carbonyl (C=O) groups is 3. The van der Waals surface area contributed by atoms with E-state index in [-0.39, 0.29) is 47.7 Å². The van der Waals surface area contributed by atoms with Crippen molar-refractivity contribution >= 4 is 33.4 Å². The number of sulfonamides is 1. The SMILES string of the molecule is CC(C)NC(=O)c1ccccc1NC(=O)CCCN1C(=O)c2ccccc2S1(=O)=O. The lowest BCUT2D eigenvalue weighted by molar-refractivity contribution is -0.116. The average molecular weight is 429 g/mol. The molecular weight excluding hydrogens is 406 g/mol. The van der Waals surface area contributed by atoms with Crippen LogP contribution in [-0.4, -0.2) is 43.0 Å². The van der Waals surface area contributed by atoms with Crippen LogP contribution in [0.5, 0.6) is 0 Å². The normalized spacial score (nSPS) is 14.5. The maximum atomic E-state index is 12.5. The minimum absolute atomic E-state index is 0.00419. The third-order valence-corrected chi connectivity index (χ3v) is 6.38. The van der Waals surface area contributed by atoms with E-state index >= 15 is 0 Å². The van der Waals surface area contributed by atoms with Gasteiger partial charge in [-0.25, -0.2) is 12.7 Å². The summed E-state index contributed by atoms with van der Waals surface area (Å²) in [6.45, 7) is 3.58. The van der Waals surface area contributed by atoms with Gasteiger partial charge in [-0.2, -0.15) is 0 Å². The molecule has 0 aliphatic carbocycles. The summed E-state index contributed by atoms with van der Waals surface area (Å²) in [5.74, 6) is -1.25. The zero-order valence-electron chi connectivity index (χ0n) is 16.7. The van der Waals surface area contributed by atoms with E-state index in [1.807, 2.05) is 13.8 Å². The van der Waals surface area contributed by atoms with Crippen molar-refractivity contribution in [1.29, 1.82) is 0 Å². The van der Waals surface area contributed by atoms with Crippen molar-refractivity contribution in [1.82, 2.24) is 9.62 Å². The quantitative estimate of drug-likeness (QED) is 0.702. The van der Waals surface area contributed by atoms with Gasteiger partial charge >= 0.3 is 0 Å². The van der Waals surface area contributed by atoms with Gasteiger partial charge in [-0.1, -0.05) is 24.3 Å². The van der Waals surface area contributed by atoms with Crippen LogP contribution in [0.1, 0.15) is 47.4 Å². The number of nitrogens with one attached hydrogen (secondary N) is 2. The molecule has 30 heavy (non-hydrogen) atoms. The summed E-state index contributed by atoms with van der Waals surface area (Å²) in [6.07, 6.45) is 0.154. The number of rotatable bonds is 7. The summed E-state index contributed by atoms with van der Waals surface area (Å²) in [7, 11) is -3.88. The Labute approximate surface area is 175 Å². The van der Waals surface area contributed by atoms with Gasteiger partial charge in [-0.3, -0.25) is 14.4 Å². The Hall–Kier alpha value is -3.20. The lowest BCUT2D eigenvalue weighted by Gasteiger charge is -2.15. The lowest BCUT2D eigenvalue weighted by Crippen LogP contribution is -2.32. The largest absolute Gasteiger partial charge is 0.350 e. The van der Waals surface area contributed by atoms with Crippen LogP contribution in [0.25, 0.3) is 0 Å². The number of benzene rings is 2. The number of hydrogen-bond acceptors (Lipinski definition) is 5. The molecule has 2 aromatic rings. The fourth-order valence-electron chi connectivity index (χ4n) is 3.18. The Morgan fingerprint density at radius 1 is 1.03 bits per heavy atom. The van der Waals surface area contributed by atoms with Crippen LogP contribution in [0, 0.1) is 0 Å². The van der Waals surface area contributed by atoms with Gasteiger partial charge in [-0.05, 0) is 44.5 Å². The first-order chi connectivity index (χ1) is 14.2. The van der Waals surface area contributed by atoms with Crippen molar-refractivity contribution in [2.45, 2.75) is 37.6 Å². The third-order valence-electron chi connectivity index (χ3n) is 4.54. The van der Waals surface area contributed by atoms with Gasteiger partial charge in [0.1, 0.15) is 4.90 Å². The summed E-state index contributed by atoms with van der Waals surface area (Å²) in [6, 6.07) is 12.6. The summed E-state index contributed by atoms with van der Waals surface area (Å²) < 4.78 is 25.9. The van der Waals surface area contributed by atoms with Gasteiger partial charge in [0.05, 0.1) is 16.8 Å². The first-order valence-electron chi connectivity index (χ1n) is 9.57. The number of nitrogens with zero attached hydrogens (tertiary/aromatic N) is 1. The number of para-hydroxylation sites is 1. The predicted octanol–water partition coefficient (Wildman–Crippen LogP) is 2.39. The van der Waals surface area contributed by atoms with Crippen LogP contribution in [0.3, 0.4) is 0 Å². The number of carbonyl (C=O) groups excluding carboxylic acids is 3. The van der Waals surface area contributed by atoms with Gasteiger partial charge < -0.3 is 10.6 Å². The molecule has 0 aromatic heterocycles. The molecule has 158 valence electrons. The topological polar surface area (TPSA) is 113 Å². The molecule has 0 atom stereocenters. The number of amides is 3. The average Bonchev–Trinajstić information content (AvgIpc) is 2.88. The zero-order chi connectivity index (χ0) is 21.9. The number of fused-ring (bicyclic) bond motifs is 1. The van der Waals surface area contributed by atoms with Crippen LogP contribution in [-0.2, 0) is 14.8 Å². The molecule has 0 spiro atoms. The molecule has 0 fully saturated rings. The summed E-state index contributed by atoms with van der Waals surface area (Å²) >= 11 is 0. The molecule has 2 aromatic carbocycles. The fourth-order valence-corrected chi connectivity index (χ4v) is 4.79. The van der Waals surface area contributed by atoms with E-state index in [4.69, 9.17) is 0 Å². The molecule has 0 radical (unpaired) electrons. The summed E-state index contributed by atoms with van der Waals surface area (Å²) in [5.41, 5.74) is 0.859. The van der Waals surface area contributed by atoms with E-state index in [0.717, 1.165) is 4.31 Å². The Morgan fingerprint density at radius 3 is 2.40 bits per heavy atom. The summed E-state index contributed by atoms with van der Waals surface area (Å²) in [5, 5.41) is 5.46. The lowest BCUT2D eigenvalue weighted by atomic mass is 10.1. The van der Waals surface area contributed by atoms with Crippen LogP contribution in [0.4, 0.5) is 5.69 Å².